The summed E-state index contributed by atoms with van der Waals surface area (Å²) >= 11 is 0. The van der Waals surface area contributed by atoms with Gasteiger partial charge in [0.25, 0.3) is 0 Å². The molecule has 0 radical (unpaired) electrons. The van der Waals surface area contributed by atoms with Gasteiger partial charge in [-0.05, 0) is 31.9 Å². The highest BCUT2D eigenvalue weighted by atomic mass is 16.5. The standard InChI is InChI=1S/C13H20N4O2/c1-8-6-9(2)15-13(11(8)12(14)16-18)17(3)10-4-5-19-7-10/h6,10,18H,4-5,7H2,1-3H3,(H2,14,16). The smallest absolute Gasteiger partial charge is 0.174 e. The zero-order valence-electron chi connectivity index (χ0n) is 11.6. The fourth-order valence-corrected chi connectivity index (χ4v) is 2.44. The molecule has 0 aromatic carbocycles. The molecule has 104 valence electrons. The second-order valence-corrected chi connectivity index (χ2v) is 4.89. The van der Waals surface area contributed by atoms with Crippen molar-refractivity contribution in [2.24, 2.45) is 10.9 Å². The number of nitrogens with two attached hydrogens (primary N) is 1. The molecule has 1 aliphatic rings. The van der Waals surface area contributed by atoms with Gasteiger partial charge in [0.1, 0.15) is 5.82 Å². The number of oxime groups is 1. The third kappa shape index (κ3) is 2.63. The van der Waals surface area contributed by atoms with Crippen LogP contribution in [0, 0.1) is 13.8 Å². The predicted octanol–water partition coefficient (Wildman–Crippen LogP) is 1.02. The van der Waals surface area contributed by atoms with E-state index in [2.05, 4.69) is 15.0 Å². The van der Waals surface area contributed by atoms with Crippen LogP contribution in [-0.2, 0) is 4.74 Å². The Bertz CT molecular complexity index is 496. The van der Waals surface area contributed by atoms with Crippen LogP contribution >= 0.6 is 0 Å². The highest BCUT2D eigenvalue weighted by molar-refractivity contribution is 6.02. The van der Waals surface area contributed by atoms with Crippen molar-refractivity contribution in [3.8, 4) is 0 Å². The molecule has 19 heavy (non-hydrogen) atoms. The van der Waals surface area contributed by atoms with E-state index in [4.69, 9.17) is 15.7 Å². The summed E-state index contributed by atoms with van der Waals surface area (Å²) in [7, 11) is 1.97. The first kappa shape index (κ1) is 13.6. The third-order valence-corrected chi connectivity index (χ3v) is 3.48. The molecule has 3 N–H and O–H groups in total. The maximum absolute atomic E-state index is 8.95. The van der Waals surface area contributed by atoms with E-state index in [-0.39, 0.29) is 11.9 Å². The van der Waals surface area contributed by atoms with Crippen LogP contribution in [0.1, 0.15) is 23.2 Å². The molecule has 1 aromatic heterocycles. The first-order valence-corrected chi connectivity index (χ1v) is 6.31. The lowest BCUT2D eigenvalue weighted by Crippen LogP contribution is -2.35. The van der Waals surface area contributed by atoms with Gasteiger partial charge in [-0.3, -0.25) is 0 Å². The van der Waals surface area contributed by atoms with Gasteiger partial charge in [0.2, 0.25) is 0 Å². The summed E-state index contributed by atoms with van der Waals surface area (Å²) in [5, 5.41) is 12.1. The number of pyridine rings is 1. The molecule has 1 atom stereocenters. The van der Waals surface area contributed by atoms with Crippen molar-refractivity contribution < 1.29 is 9.94 Å². The molecule has 0 spiro atoms. The van der Waals surface area contributed by atoms with Crippen LogP contribution < -0.4 is 10.6 Å². The number of hydrogen-bond acceptors (Lipinski definition) is 5. The van der Waals surface area contributed by atoms with Crippen LogP contribution in [0.5, 0.6) is 0 Å². The van der Waals surface area contributed by atoms with Crippen LogP contribution in [-0.4, -0.2) is 42.3 Å². The Kier molecular flexibility index (Phi) is 3.90. The van der Waals surface area contributed by atoms with E-state index in [1.54, 1.807) is 0 Å². The minimum Gasteiger partial charge on any atom is -0.409 e. The zero-order chi connectivity index (χ0) is 14.0. The predicted molar refractivity (Wildman–Crippen MR) is 73.8 cm³/mol. The normalized spacial score (nSPS) is 19.7. The molecule has 2 rings (SSSR count). The Morgan fingerprint density at radius 1 is 1.58 bits per heavy atom. The lowest BCUT2D eigenvalue weighted by atomic mass is 10.1. The van der Waals surface area contributed by atoms with E-state index in [0.717, 1.165) is 30.1 Å². The van der Waals surface area contributed by atoms with Crippen molar-refractivity contribution in [1.82, 2.24) is 4.98 Å². The first-order valence-electron chi connectivity index (χ1n) is 6.31. The van der Waals surface area contributed by atoms with E-state index in [1.807, 2.05) is 27.0 Å². The fraction of sp³-hybridized carbons (Fsp3) is 0.538. The summed E-state index contributed by atoms with van der Waals surface area (Å²) in [4.78, 5) is 6.60. The number of rotatable bonds is 3. The van der Waals surface area contributed by atoms with Crippen LogP contribution in [0.3, 0.4) is 0 Å². The molecule has 0 saturated carbocycles. The van der Waals surface area contributed by atoms with E-state index in [1.165, 1.54) is 0 Å². The summed E-state index contributed by atoms with van der Waals surface area (Å²) < 4.78 is 5.41. The number of likely N-dealkylation sites (N-methyl/N-ethyl adjacent to an activating group) is 1. The number of aryl methyl sites for hydroxylation is 2. The monoisotopic (exact) mass is 264 g/mol. The average Bonchev–Trinajstić information content (AvgIpc) is 2.90. The molecule has 1 fully saturated rings. The molecule has 1 saturated heterocycles. The van der Waals surface area contributed by atoms with Gasteiger partial charge in [0.15, 0.2) is 5.84 Å². The lowest BCUT2D eigenvalue weighted by Gasteiger charge is -2.27. The molecule has 0 amide bonds. The molecule has 0 aliphatic carbocycles. The van der Waals surface area contributed by atoms with Crippen molar-refractivity contribution in [2.75, 3.05) is 25.2 Å². The zero-order valence-corrected chi connectivity index (χ0v) is 11.6. The average molecular weight is 264 g/mol. The molecule has 6 heteroatoms. The Hall–Kier alpha value is -1.82. The number of amidine groups is 1. The van der Waals surface area contributed by atoms with Gasteiger partial charge >= 0.3 is 0 Å². The first-order chi connectivity index (χ1) is 9.04. The molecular formula is C13H20N4O2. The summed E-state index contributed by atoms with van der Waals surface area (Å²) in [5.74, 6) is 0.828. The third-order valence-electron chi connectivity index (χ3n) is 3.48. The van der Waals surface area contributed by atoms with E-state index in [9.17, 15) is 0 Å². The van der Waals surface area contributed by atoms with Crippen LogP contribution in [0.25, 0.3) is 0 Å². The number of ether oxygens (including phenoxy) is 1. The van der Waals surface area contributed by atoms with Gasteiger partial charge in [-0.25, -0.2) is 4.98 Å². The number of anilines is 1. The maximum atomic E-state index is 8.95. The second-order valence-electron chi connectivity index (χ2n) is 4.89. The SMILES string of the molecule is Cc1cc(C)c(/C(N)=N/O)c(N(C)C2CCOC2)n1. The number of hydrogen-bond donors (Lipinski definition) is 2. The van der Waals surface area contributed by atoms with Gasteiger partial charge < -0.3 is 20.6 Å². The molecule has 2 heterocycles. The summed E-state index contributed by atoms with van der Waals surface area (Å²) in [6.07, 6.45) is 0.959. The van der Waals surface area contributed by atoms with E-state index < -0.39 is 0 Å². The molecule has 0 bridgehead atoms. The van der Waals surface area contributed by atoms with Crippen LogP contribution in [0.4, 0.5) is 5.82 Å². The van der Waals surface area contributed by atoms with E-state index >= 15 is 0 Å². The van der Waals surface area contributed by atoms with Crippen molar-refractivity contribution in [3.05, 3.63) is 22.9 Å². The number of nitrogens with zero attached hydrogens (tertiary/aromatic N) is 3. The van der Waals surface area contributed by atoms with Crippen molar-refractivity contribution in [2.45, 2.75) is 26.3 Å². The molecule has 1 aromatic rings. The maximum Gasteiger partial charge on any atom is 0.174 e. The topological polar surface area (TPSA) is 84.0 Å². The minimum atomic E-state index is 0.0887. The quantitative estimate of drug-likeness (QED) is 0.368. The highest BCUT2D eigenvalue weighted by Gasteiger charge is 2.25. The summed E-state index contributed by atoms with van der Waals surface area (Å²) in [6.45, 7) is 5.32. The van der Waals surface area contributed by atoms with E-state index in [0.29, 0.717) is 12.2 Å². The Labute approximate surface area is 112 Å². The van der Waals surface area contributed by atoms with Crippen molar-refractivity contribution in [3.63, 3.8) is 0 Å². The van der Waals surface area contributed by atoms with Gasteiger partial charge in [-0.1, -0.05) is 5.16 Å². The summed E-state index contributed by atoms with van der Waals surface area (Å²) in [5.41, 5.74) is 8.33. The van der Waals surface area contributed by atoms with Gasteiger partial charge in [-0.15, -0.1) is 0 Å². The second kappa shape index (κ2) is 5.44. The molecule has 6 nitrogen and oxygen atoms in total. The Balaban J connectivity index is 2.47. The lowest BCUT2D eigenvalue weighted by molar-refractivity contribution is 0.193. The van der Waals surface area contributed by atoms with Crippen LogP contribution in [0.2, 0.25) is 0 Å². The van der Waals surface area contributed by atoms with Crippen LogP contribution in [0.15, 0.2) is 11.2 Å². The minimum absolute atomic E-state index is 0.0887. The van der Waals surface area contributed by atoms with Crippen molar-refractivity contribution >= 4 is 11.7 Å². The summed E-state index contributed by atoms with van der Waals surface area (Å²) in [6, 6.07) is 2.20. The van der Waals surface area contributed by atoms with Gasteiger partial charge in [0, 0.05) is 19.3 Å². The highest BCUT2D eigenvalue weighted by Crippen LogP contribution is 2.25. The molecule has 1 unspecified atom stereocenters. The van der Waals surface area contributed by atoms with Gasteiger partial charge in [-0.2, -0.15) is 0 Å². The molecule has 1 aliphatic heterocycles. The number of aromatic nitrogens is 1. The van der Waals surface area contributed by atoms with Crippen molar-refractivity contribution in [1.29, 1.82) is 0 Å². The Morgan fingerprint density at radius 2 is 2.32 bits per heavy atom. The molecular weight excluding hydrogens is 244 g/mol. The fourth-order valence-electron chi connectivity index (χ4n) is 2.44. The Morgan fingerprint density at radius 3 is 2.89 bits per heavy atom. The largest absolute Gasteiger partial charge is 0.409 e. The van der Waals surface area contributed by atoms with Gasteiger partial charge in [0.05, 0.1) is 18.2 Å².